The van der Waals surface area contributed by atoms with Gasteiger partial charge in [-0.05, 0) is 66.8 Å². The molecule has 0 fully saturated rings. The predicted octanol–water partition coefficient (Wildman–Crippen LogP) is 4.87. The average Bonchev–Trinajstić information content (AvgIpc) is 3.39. The number of rotatable bonds is 8. The summed E-state index contributed by atoms with van der Waals surface area (Å²) in [5.41, 5.74) is 2.01. The Morgan fingerprint density at radius 2 is 1.86 bits per heavy atom. The maximum Gasteiger partial charge on any atom is 0.416 e. The highest BCUT2D eigenvalue weighted by molar-refractivity contribution is 7.90. The van der Waals surface area contributed by atoms with Crippen molar-refractivity contribution in [3.8, 4) is 0 Å². The molecule has 3 aromatic rings. The number of benzene rings is 2. The Balaban J connectivity index is 1.63. The van der Waals surface area contributed by atoms with E-state index in [-0.39, 0.29) is 41.8 Å². The number of aliphatic carboxylic acids is 1. The summed E-state index contributed by atoms with van der Waals surface area (Å²) in [6.45, 7) is 2.09. The number of carbonyl (C=O) groups is 2. The number of anilines is 1. The van der Waals surface area contributed by atoms with Crippen molar-refractivity contribution in [2.75, 3.05) is 17.2 Å². The number of halogens is 3. The number of nitrogens with zero attached hydrogens (tertiary/aromatic N) is 2. The minimum atomic E-state index is -4.58. The quantitative estimate of drug-likeness (QED) is 0.445. The van der Waals surface area contributed by atoms with Crippen molar-refractivity contribution in [3.05, 3.63) is 70.9 Å². The van der Waals surface area contributed by atoms with Crippen LogP contribution in [0.1, 0.15) is 42.1 Å². The molecule has 11 heteroatoms. The lowest BCUT2D eigenvalue weighted by molar-refractivity contribution is -0.138. The minimum Gasteiger partial charge on any atom is -0.481 e. The second-order valence-corrected chi connectivity index (χ2v) is 10.8. The Kier molecular flexibility index (Phi) is 7.18. The van der Waals surface area contributed by atoms with Crippen molar-refractivity contribution in [2.45, 2.75) is 38.8 Å². The summed E-state index contributed by atoms with van der Waals surface area (Å²) in [5, 5.41) is 9.04. The number of amides is 1. The number of aryl methyl sites for hydroxylation is 1. The van der Waals surface area contributed by atoms with E-state index in [0.717, 1.165) is 39.0 Å². The molecule has 1 amide bonds. The molecule has 1 N–H and O–H groups in total. The van der Waals surface area contributed by atoms with Crippen LogP contribution in [-0.4, -0.2) is 41.7 Å². The third-order valence-electron chi connectivity index (χ3n) is 6.25. The van der Waals surface area contributed by atoms with Gasteiger partial charge >= 0.3 is 12.1 Å². The normalized spacial score (nSPS) is 14.0. The molecule has 0 spiro atoms. The zero-order chi connectivity index (χ0) is 27.0. The molecule has 0 unspecified atom stereocenters. The lowest BCUT2D eigenvalue weighted by Gasteiger charge is -2.14. The summed E-state index contributed by atoms with van der Waals surface area (Å²) >= 11 is 0. The maximum atomic E-state index is 13.3. The molecule has 0 saturated heterocycles. The van der Waals surface area contributed by atoms with Crippen LogP contribution in [-0.2, 0) is 38.6 Å². The van der Waals surface area contributed by atoms with Crippen LogP contribution >= 0.6 is 0 Å². The third-order valence-corrected chi connectivity index (χ3v) is 7.86. The summed E-state index contributed by atoms with van der Waals surface area (Å²) in [7, 11) is -4.03. The molecule has 37 heavy (non-hydrogen) atoms. The van der Waals surface area contributed by atoms with Gasteiger partial charge in [0.25, 0.3) is 0 Å². The monoisotopic (exact) mass is 534 g/mol. The molecule has 0 atom stereocenters. The zero-order valence-corrected chi connectivity index (χ0v) is 20.8. The smallest absolute Gasteiger partial charge is 0.416 e. The van der Waals surface area contributed by atoms with Gasteiger partial charge in [-0.1, -0.05) is 18.2 Å². The second-order valence-electron chi connectivity index (χ2n) is 8.91. The molecule has 2 heterocycles. The summed E-state index contributed by atoms with van der Waals surface area (Å²) in [5.74, 6) is -1.51. The standard InChI is InChI=1S/C26H25F3N2O5S/c1-17(32)30-12-11-19-14-18(7-9-23(19)30)4-3-13-37(35,36)31-22(5-2-6-25(33)34)16-20-15-21(26(27,28)29)8-10-24(20)31/h3-4,7-10,14-16H,2,5-6,11-13H2,1H3,(H,33,34). The fraction of sp³-hybridized carbons (Fsp3) is 0.308. The number of alkyl halides is 3. The van der Waals surface area contributed by atoms with Gasteiger partial charge in [0, 0.05) is 36.7 Å². The second kappa shape index (κ2) is 10.0. The van der Waals surface area contributed by atoms with Crippen LogP contribution in [0.15, 0.2) is 48.5 Å². The zero-order valence-electron chi connectivity index (χ0n) is 20.0. The van der Waals surface area contributed by atoms with Crippen molar-refractivity contribution in [3.63, 3.8) is 0 Å². The molecular formula is C26H25F3N2O5S. The molecular weight excluding hydrogens is 509 g/mol. The van der Waals surface area contributed by atoms with Crippen LogP contribution in [0.3, 0.4) is 0 Å². The highest BCUT2D eigenvalue weighted by Gasteiger charge is 2.31. The Bertz CT molecular complexity index is 1510. The molecule has 0 saturated carbocycles. The van der Waals surface area contributed by atoms with Crippen LogP contribution in [0.4, 0.5) is 18.9 Å². The molecule has 0 aliphatic carbocycles. The summed E-state index contributed by atoms with van der Waals surface area (Å²) in [6.07, 6.45) is -0.771. The average molecular weight is 535 g/mol. The van der Waals surface area contributed by atoms with Gasteiger partial charge < -0.3 is 10.0 Å². The first-order valence-electron chi connectivity index (χ1n) is 11.6. The number of aromatic nitrogens is 1. The molecule has 196 valence electrons. The maximum absolute atomic E-state index is 13.3. The number of carboxylic acid groups (broad SMARTS) is 1. The van der Waals surface area contributed by atoms with Gasteiger partial charge in [-0.3, -0.25) is 9.59 Å². The van der Waals surface area contributed by atoms with E-state index in [1.807, 2.05) is 12.1 Å². The molecule has 2 aromatic carbocycles. The Morgan fingerprint density at radius 1 is 1.11 bits per heavy atom. The molecule has 1 aromatic heterocycles. The molecule has 1 aliphatic rings. The van der Waals surface area contributed by atoms with E-state index in [9.17, 15) is 31.2 Å². The number of carbonyl (C=O) groups excluding carboxylic acids is 1. The van der Waals surface area contributed by atoms with E-state index in [0.29, 0.717) is 13.0 Å². The van der Waals surface area contributed by atoms with Crippen LogP contribution in [0.5, 0.6) is 0 Å². The van der Waals surface area contributed by atoms with Gasteiger partial charge in [0.2, 0.25) is 15.9 Å². The van der Waals surface area contributed by atoms with Crippen LogP contribution < -0.4 is 4.90 Å². The van der Waals surface area contributed by atoms with E-state index in [1.165, 1.54) is 19.1 Å². The van der Waals surface area contributed by atoms with Crippen molar-refractivity contribution < 1.29 is 36.3 Å². The van der Waals surface area contributed by atoms with E-state index in [1.54, 1.807) is 17.0 Å². The van der Waals surface area contributed by atoms with Crippen molar-refractivity contribution in [1.29, 1.82) is 0 Å². The van der Waals surface area contributed by atoms with Gasteiger partial charge in [-0.2, -0.15) is 13.2 Å². The highest BCUT2D eigenvalue weighted by Crippen LogP contribution is 2.33. The van der Waals surface area contributed by atoms with E-state index in [4.69, 9.17) is 5.11 Å². The first kappa shape index (κ1) is 26.5. The molecule has 1 aliphatic heterocycles. The van der Waals surface area contributed by atoms with Gasteiger partial charge in [0.1, 0.15) is 0 Å². The SMILES string of the molecule is CC(=O)N1CCc2cc(C=CCS(=O)(=O)n3c(CCCC(=O)O)cc4cc(C(F)(F)F)ccc43)ccc21. The largest absolute Gasteiger partial charge is 0.481 e. The minimum absolute atomic E-state index is 0.0476. The topological polar surface area (TPSA) is 96.7 Å². The van der Waals surface area contributed by atoms with Crippen molar-refractivity contribution >= 4 is 44.6 Å². The molecule has 0 bridgehead atoms. The Labute approximate surface area is 211 Å². The summed E-state index contributed by atoms with van der Waals surface area (Å²) in [4.78, 5) is 24.3. The number of fused-ring (bicyclic) bond motifs is 2. The first-order valence-corrected chi connectivity index (χ1v) is 13.2. The van der Waals surface area contributed by atoms with Crippen LogP contribution in [0.25, 0.3) is 17.0 Å². The van der Waals surface area contributed by atoms with E-state index >= 15 is 0 Å². The molecule has 0 radical (unpaired) electrons. The fourth-order valence-electron chi connectivity index (χ4n) is 4.58. The van der Waals surface area contributed by atoms with Gasteiger partial charge in [-0.15, -0.1) is 0 Å². The Hall–Kier alpha value is -3.60. The number of carboxylic acids is 1. The van der Waals surface area contributed by atoms with Crippen LogP contribution in [0, 0.1) is 0 Å². The van der Waals surface area contributed by atoms with Gasteiger partial charge in [0.05, 0.1) is 16.8 Å². The molecule has 4 rings (SSSR count). The van der Waals surface area contributed by atoms with Crippen molar-refractivity contribution in [2.24, 2.45) is 0 Å². The highest BCUT2D eigenvalue weighted by atomic mass is 32.2. The van der Waals surface area contributed by atoms with Crippen LogP contribution in [0.2, 0.25) is 0 Å². The fourth-order valence-corrected chi connectivity index (χ4v) is 6.04. The number of hydrogen-bond donors (Lipinski definition) is 1. The lowest BCUT2D eigenvalue weighted by atomic mass is 10.1. The Morgan fingerprint density at radius 3 is 2.54 bits per heavy atom. The van der Waals surface area contributed by atoms with Crippen molar-refractivity contribution in [1.82, 2.24) is 3.97 Å². The van der Waals surface area contributed by atoms with Gasteiger partial charge in [0.15, 0.2) is 0 Å². The first-order chi connectivity index (χ1) is 17.4. The third kappa shape index (κ3) is 5.71. The van der Waals surface area contributed by atoms with E-state index in [2.05, 4.69) is 0 Å². The van der Waals surface area contributed by atoms with Gasteiger partial charge in [-0.25, -0.2) is 12.4 Å². The predicted molar refractivity (Wildman–Crippen MR) is 134 cm³/mol. The molecule has 7 nitrogen and oxygen atoms in total. The summed E-state index contributed by atoms with van der Waals surface area (Å²) in [6, 6.07) is 9.71. The number of hydrogen-bond acceptors (Lipinski definition) is 4. The summed E-state index contributed by atoms with van der Waals surface area (Å²) < 4.78 is 67.3. The van der Waals surface area contributed by atoms with E-state index < -0.39 is 33.5 Å². The lowest BCUT2D eigenvalue weighted by Crippen LogP contribution is -2.25.